The van der Waals surface area contributed by atoms with Crippen LogP contribution < -0.4 is 0 Å². The van der Waals surface area contributed by atoms with Gasteiger partial charge >= 0.3 is 0 Å². The smallest absolute Gasteiger partial charge is 0.0897 e. The maximum atomic E-state index is 9.88. The third kappa shape index (κ3) is 1.81. The van der Waals surface area contributed by atoms with Crippen molar-refractivity contribution in [2.75, 3.05) is 13.1 Å². The summed E-state index contributed by atoms with van der Waals surface area (Å²) in [6.07, 6.45) is 5.08. The van der Waals surface area contributed by atoms with Gasteiger partial charge in [0.05, 0.1) is 11.7 Å². The fourth-order valence-corrected chi connectivity index (χ4v) is 2.69. The second-order valence-corrected chi connectivity index (χ2v) is 4.90. The Balaban J connectivity index is 1.86. The SMILES string of the molecule is CCC1(O)CN([C@H]2CCCC[C@@H]2O)C1. The molecule has 0 spiro atoms. The Bertz CT molecular complexity index is 201. The lowest BCUT2D eigenvalue weighted by Crippen LogP contribution is -2.66. The van der Waals surface area contributed by atoms with Crippen molar-refractivity contribution in [3.05, 3.63) is 0 Å². The van der Waals surface area contributed by atoms with Crippen molar-refractivity contribution in [3.8, 4) is 0 Å². The van der Waals surface area contributed by atoms with Crippen molar-refractivity contribution in [2.24, 2.45) is 0 Å². The number of aliphatic hydroxyl groups excluding tert-OH is 1. The largest absolute Gasteiger partial charge is 0.391 e. The van der Waals surface area contributed by atoms with E-state index in [1.54, 1.807) is 0 Å². The number of hydrogen-bond donors (Lipinski definition) is 2. The molecule has 0 unspecified atom stereocenters. The summed E-state index contributed by atoms with van der Waals surface area (Å²) in [6.45, 7) is 3.53. The van der Waals surface area contributed by atoms with Gasteiger partial charge in [-0.3, -0.25) is 4.90 Å². The maximum Gasteiger partial charge on any atom is 0.0897 e. The highest BCUT2D eigenvalue weighted by molar-refractivity contribution is 4.99. The van der Waals surface area contributed by atoms with Gasteiger partial charge in [-0.1, -0.05) is 19.8 Å². The van der Waals surface area contributed by atoms with E-state index in [0.29, 0.717) is 6.04 Å². The van der Waals surface area contributed by atoms with Crippen LogP contribution in [0.25, 0.3) is 0 Å². The Morgan fingerprint density at radius 3 is 2.50 bits per heavy atom. The van der Waals surface area contributed by atoms with Crippen LogP contribution in [0.4, 0.5) is 0 Å². The van der Waals surface area contributed by atoms with Gasteiger partial charge in [-0.15, -0.1) is 0 Å². The minimum absolute atomic E-state index is 0.162. The Hall–Kier alpha value is -0.120. The fraction of sp³-hybridized carbons (Fsp3) is 1.00. The van der Waals surface area contributed by atoms with E-state index in [1.807, 2.05) is 6.92 Å². The molecule has 14 heavy (non-hydrogen) atoms. The molecule has 1 saturated heterocycles. The lowest BCUT2D eigenvalue weighted by atomic mass is 9.84. The van der Waals surface area contributed by atoms with Gasteiger partial charge in [0.1, 0.15) is 0 Å². The van der Waals surface area contributed by atoms with Gasteiger partial charge in [0.2, 0.25) is 0 Å². The number of aliphatic hydroxyl groups is 2. The summed E-state index contributed by atoms with van der Waals surface area (Å²) in [5, 5.41) is 19.7. The molecule has 0 amide bonds. The summed E-state index contributed by atoms with van der Waals surface area (Å²) in [5.41, 5.74) is -0.461. The maximum absolute atomic E-state index is 9.88. The van der Waals surface area contributed by atoms with E-state index in [9.17, 15) is 10.2 Å². The van der Waals surface area contributed by atoms with Gasteiger partial charge in [0, 0.05) is 19.1 Å². The minimum Gasteiger partial charge on any atom is -0.391 e. The molecule has 3 heteroatoms. The van der Waals surface area contributed by atoms with Crippen molar-refractivity contribution in [1.82, 2.24) is 4.90 Å². The number of hydrogen-bond acceptors (Lipinski definition) is 3. The summed E-state index contributed by atoms with van der Waals surface area (Å²) in [5.74, 6) is 0. The molecule has 2 rings (SSSR count). The molecule has 82 valence electrons. The summed E-state index contributed by atoms with van der Waals surface area (Å²) < 4.78 is 0. The van der Waals surface area contributed by atoms with Crippen LogP contribution in [0.1, 0.15) is 39.0 Å². The highest BCUT2D eigenvalue weighted by atomic mass is 16.3. The Morgan fingerprint density at radius 2 is 1.93 bits per heavy atom. The summed E-state index contributed by atoms with van der Waals surface area (Å²) in [6, 6.07) is 0.315. The lowest BCUT2D eigenvalue weighted by molar-refractivity contribution is -0.140. The predicted octanol–water partition coefficient (Wildman–Crippen LogP) is 0.747. The van der Waals surface area contributed by atoms with E-state index in [1.165, 1.54) is 6.42 Å². The molecular weight excluding hydrogens is 178 g/mol. The minimum atomic E-state index is -0.461. The molecule has 0 radical (unpaired) electrons. The van der Waals surface area contributed by atoms with E-state index < -0.39 is 5.60 Å². The lowest BCUT2D eigenvalue weighted by Gasteiger charge is -2.52. The van der Waals surface area contributed by atoms with E-state index in [4.69, 9.17) is 0 Å². The molecule has 0 aromatic rings. The van der Waals surface area contributed by atoms with Crippen molar-refractivity contribution >= 4 is 0 Å². The van der Waals surface area contributed by atoms with Gasteiger partial charge < -0.3 is 10.2 Å². The normalized spacial score (nSPS) is 37.9. The van der Waals surface area contributed by atoms with Crippen LogP contribution >= 0.6 is 0 Å². The molecule has 2 fully saturated rings. The van der Waals surface area contributed by atoms with Crippen molar-refractivity contribution in [1.29, 1.82) is 0 Å². The van der Waals surface area contributed by atoms with Crippen molar-refractivity contribution in [3.63, 3.8) is 0 Å². The number of rotatable bonds is 2. The first kappa shape index (κ1) is 10.4. The Labute approximate surface area is 85.7 Å². The topological polar surface area (TPSA) is 43.7 Å². The molecule has 2 atom stereocenters. The van der Waals surface area contributed by atoms with Crippen molar-refractivity contribution < 1.29 is 10.2 Å². The average molecular weight is 199 g/mol. The monoisotopic (exact) mass is 199 g/mol. The summed E-state index contributed by atoms with van der Waals surface area (Å²) in [4.78, 5) is 2.24. The van der Waals surface area contributed by atoms with E-state index in [-0.39, 0.29) is 6.10 Å². The quantitative estimate of drug-likeness (QED) is 0.689. The zero-order chi connectivity index (χ0) is 10.2. The van der Waals surface area contributed by atoms with Crippen LogP contribution in [0, 0.1) is 0 Å². The highest BCUT2D eigenvalue weighted by Gasteiger charge is 2.44. The van der Waals surface area contributed by atoms with E-state index >= 15 is 0 Å². The molecule has 2 N–H and O–H groups in total. The zero-order valence-electron chi connectivity index (χ0n) is 8.95. The first-order valence-electron chi connectivity index (χ1n) is 5.79. The van der Waals surface area contributed by atoms with Crippen LogP contribution in [0.5, 0.6) is 0 Å². The van der Waals surface area contributed by atoms with Gasteiger partial charge in [-0.05, 0) is 19.3 Å². The molecular formula is C11H21NO2. The average Bonchev–Trinajstić information content (AvgIpc) is 2.14. The third-order valence-corrected chi connectivity index (χ3v) is 3.82. The predicted molar refractivity (Wildman–Crippen MR) is 55.1 cm³/mol. The molecule has 3 nitrogen and oxygen atoms in total. The van der Waals surface area contributed by atoms with Crippen LogP contribution in [0.15, 0.2) is 0 Å². The van der Waals surface area contributed by atoms with Gasteiger partial charge in [0.15, 0.2) is 0 Å². The van der Waals surface area contributed by atoms with Crippen LogP contribution in [-0.2, 0) is 0 Å². The van der Waals surface area contributed by atoms with Crippen LogP contribution in [0.3, 0.4) is 0 Å². The standard InChI is InChI=1S/C11H21NO2/c1-2-11(14)7-12(8-11)9-5-3-4-6-10(9)13/h9-10,13-14H,2-8H2,1H3/t9-,10-/m0/s1. The van der Waals surface area contributed by atoms with E-state index in [0.717, 1.165) is 38.8 Å². The first-order valence-corrected chi connectivity index (χ1v) is 5.79. The first-order chi connectivity index (χ1) is 6.64. The molecule has 0 aromatic heterocycles. The number of nitrogens with zero attached hydrogens (tertiary/aromatic N) is 1. The second-order valence-electron chi connectivity index (χ2n) is 4.90. The zero-order valence-corrected chi connectivity index (χ0v) is 8.95. The van der Waals surface area contributed by atoms with Crippen LogP contribution in [0.2, 0.25) is 0 Å². The molecule has 0 bridgehead atoms. The summed E-state index contributed by atoms with van der Waals surface area (Å²) in [7, 11) is 0. The van der Waals surface area contributed by atoms with Crippen LogP contribution in [-0.4, -0.2) is 45.9 Å². The third-order valence-electron chi connectivity index (χ3n) is 3.82. The molecule has 1 heterocycles. The fourth-order valence-electron chi connectivity index (χ4n) is 2.69. The summed E-state index contributed by atoms with van der Waals surface area (Å²) >= 11 is 0. The Kier molecular flexibility index (Phi) is 2.82. The van der Waals surface area contributed by atoms with Gasteiger partial charge in [0.25, 0.3) is 0 Å². The molecule has 1 saturated carbocycles. The molecule has 0 aromatic carbocycles. The second kappa shape index (κ2) is 3.80. The Morgan fingerprint density at radius 1 is 1.29 bits per heavy atom. The molecule has 1 aliphatic heterocycles. The van der Waals surface area contributed by atoms with Gasteiger partial charge in [-0.2, -0.15) is 0 Å². The van der Waals surface area contributed by atoms with Crippen molar-refractivity contribution in [2.45, 2.75) is 56.8 Å². The van der Waals surface area contributed by atoms with Gasteiger partial charge in [-0.25, -0.2) is 0 Å². The van der Waals surface area contributed by atoms with E-state index in [2.05, 4.69) is 4.90 Å². The molecule has 2 aliphatic rings. The molecule has 1 aliphatic carbocycles. The number of β-amino-alcohol motifs (C(OH)–C–C–N with tert-alkyl or cyclic N) is 1. The highest BCUT2D eigenvalue weighted by Crippen LogP contribution is 2.32. The number of likely N-dealkylation sites (tertiary alicyclic amines) is 1.